The average Bonchev–Trinajstić information content (AvgIpc) is 2.33. The molecule has 0 aliphatic heterocycles. The minimum Gasteiger partial charge on any atom is -0.299 e. The summed E-state index contributed by atoms with van der Waals surface area (Å²) in [7, 11) is 0. The molecule has 1 aromatic carbocycles. The van der Waals surface area contributed by atoms with Gasteiger partial charge < -0.3 is 0 Å². The molecule has 0 aromatic heterocycles. The summed E-state index contributed by atoms with van der Waals surface area (Å²) in [5.41, 5.74) is -2.56. The maximum absolute atomic E-state index is 13.3. The summed E-state index contributed by atoms with van der Waals surface area (Å²) < 4.78 is 65.4. The predicted molar refractivity (Wildman–Crippen MR) is 59.6 cm³/mol. The number of Topliss-reactive ketones (excluding diaryl/α,β-unsaturated/α-hetero) is 2. The van der Waals surface area contributed by atoms with Gasteiger partial charge in [-0.25, -0.2) is 22.0 Å². The van der Waals surface area contributed by atoms with Crippen LogP contribution < -0.4 is 0 Å². The molecule has 1 rings (SSSR count). The molecule has 0 amide bonds. The van der Waals surface area contributed by atoms with Crippen LogP contribution in [0.4, 0.5) is 22.0 Å². The van der Waals surface area contributed by atoms with Gasteiger partial charge in [0.15, 0.2) is 29.1 Å². The van der Waals surface area contributed by atoms with Crippen molar-refractivity contribution in [2.75, 3.05) is 0 Å². The van der Waals surface area contributed by atoms with Crippen LogP contribution in [0.5, 0.6) is 0 Å². The van der Waals surface area contributed by atoms with Gasteiger partial charge in [-0.05, 0) is 0 Å². The van der Waals surface area contributed by atoms with Crippen molar-refractivity contribution in [1.82, 2.24) is 0 Å². The number of ketones is 2. The molecule has 0 saturated carbocycles. The van der Waals surface area contributed by atoms with Gasteiger partial charge in [0.2, 0.25) is 5.82 Å². The van der Waals surface area contributed by atoms with Gasteiger partial charge in [-0.15, -0.1) is 0 Å². The Morgan fingerprint density at radius 2 is 1.15 bits per heavy atom. The van der Waals surface area contributed by atoms with E-state index in [0.29, 0.717) is 0 Å². The average molecular weight is 294 g/mol. The number of benzene rings is 1. The molecule has 0 aliphatic rings. The van der Waals surface area contributed by atoms with Crippen molar-refractivity contribution in [2.45, 2.75) is 27.2 Å². The largest absolute Gasteiger partial charge is 0.299 e. The first-order valence-corrected chi connectivity index (χ1v) is 5.56. The third-order valence-corrected chi connectivity index (χ3v) is 2.65. The fourth-order valence-electron chi connectivity index (χ4n) is 1.35. The SMILES string of the molecule is CC(C)(C)C(=O)CC(=O)c1c(F)c(F)c(F)c(F)c1F. The third-order valence-electron chi connectivity index (χ3n) is 2.65. The van der Waals surface area contributed by atoms with E-state index >= 15 is 0 Å². The standard InChI is InChI=1S/C13H11F5O2/c1-13(2,3)6(20)4-5(19)7-8(14)10(16)12(18)11(17)9(7)15/h4H2,1-3H3. The van der Waals surface area contributed by atoms with Crippen LogP contribution in [0.25, 0.3) is 0 Å². The molecular weight excluding hydrogens is 283 g/mol. The molecule has 0 unspecified atom stereocenters. The summed E-state index contributed by atoms with van der Waals surface area (Å²) in [5, 5.41) is 0. The van der Waals surface area contributed by atoms with Gasteiger partial charge in [0.25, 0.3) is 0 Å². The van der Waals surface area contributed by atoms with E-state index in [9.17, 15) is 31.5 Å². The van der Waals surface area contributed by atoms with Gasteiger partial charge in [0, 0.05) is 5.41 Å². The van der Waals surface area contributed by atoms with Crippen molar-refractivity contribution in [3.8, 4) is 0 Å². The molecule has 1 aromatic rings. The molecule has 0 N–H and O–H groups in total. The van der Waals surface area contributed by atoms with Gasteiger partial charge in [0.1, 0.15) is 5.78 Å². The van der Waals surface area contributed by atoms with Crippen LogP contribution in [0.3, 0.4) is 0 Å². The molecule has 0 heterocycles. The van der Waals surface area contributed by atoms with Crippen LogP contribution in [-0.4, -0.2) is 11.6 Å². The van der Waals surface area contributed by atoms with Crippen molar-refractivity contribution in [2.24, 2.45) is 5.41 Å². The lowest BCUT2D eigenvalue weighted by atomic mass is 9.87. The van der Waals surface area contributed by atoms with Crippen LogP contribution in [0, 0.1) is 34.5 Å². The van der Waals surface area contributed by atoms with Gasteiger partial charge >= 0.3 is 0 Å². The van der Waals surface area contributed by atoms with Crippen LogP contribution >= 0.6 is 0 Å². The van der Waals surface area contributed by atoms with Crippen molar-refractivity contribution in [3.05, 3.63) is 34.6 Å². The van der Waals surface area contributed by atoms with Gasteiger partial charge in [-0.1, -0.05) is 20.8 Å². The summed E-state index contributed by atoms with van der Waals surface area (Å²) >= 11 is 0. The zero-order valence-corrected chi connectivity index (χ0v) is 10.9. The van der Waals surface area contributed by atoms with Gasteiger partial charge in [0.05, 0.1) is 12.0 Å². The number of halogens is 5. The van der Waals surface area contributed by atoms with E-state index in [1.54, 1.807) is 0 Å². The highest BCUT2D eigenvalue weighted by molar-refractivity contribution is 6.09. The Kier molecular flexibility index (Phi) is 4.31. The molecule has 20 heavy (non-hydrogen) atoms. The Balaban J connectivity index is 3.28. The van der Waals surface area contributed by atoms with E-state index in [1.165, 1.54) is 20.8 Å². The minimum absolute atomic E-state index is 0.675. The second-order valence-electron chi connectivity index (χ2n) is 5.22. The maximum atomic E-state index is 13.3. The Morgan fingerprint density at radius 3 is 1.50 bits per heavy atom. The molecule has 0 bridgehead atoms. The van der Waals surface area contributed by atoms with E-state index in [0.717, 1.165) is 0 Å². The lowest BCUT2D eigenvalue weighted by Gasteiger charge is -2.16. The quantitative estimate of drug-likeness (QED) is 0.281. The maximum Gasteiger partial charge on any atom is 0.200 e. The number of carbonyl (C=O) groups is 2. The molecule has 110 valence electrons. The smallest absolute Gasteiger partial charge is 0.200 e. The first kappa shape index (κ1) is 16.3. The fraction of sp³-hybridized carbons (Fsp3) is 0.385. The lowest BCUT2D eigenvalue weighted by molar-refractivity contribution is -0.125. The molecule has 0 aliphatic carbocycles. The van der Waals surface area contributed by atoms with Crippen molar-refractivity contribution in [3.63, 3.8) is 0 Å². The summed E-state index contributed by atoms with van der Waals surface area (Å²) in [6, 6.07) is 0. The fourth-order valence-corrected chi connectivity index (χ4v) is 1.35. The molecule has 0 atom stereocenters. The molecular formula is C13H11F5O2. The van der Waals surface area contributed by atoms with Crippen LogP contribution in [0.15, 0.2) is 0 Å². The molecule has 0 saturated heterocycles. The molecule has 2 nitrogen and oxygen atoms in total. The highest BCUT2D eigenvalue weighted by Crippen LogP contribution is 2.25. The second-order valence-corrected chi connectivity index (χ2v) is 5.22. The highest BCUT2D eigenvalue weighted by Gasteiger charge is 2.32. The number of hydrogen-bond donors (Lipinski definition) is 0. The highest BCUT2D eigenvalue weighted by atomic mass is 19.2. The van der Waals surface area contributed by atoms with Crippen LogP contribution in [0.2, 0.25) is 0 Å². The predicted octanol–water partition coefficient (Wildman–Crippen LogP) is 3.57. The van der Waals surface area contributed by atoms with Crippen molar-refractivity contribution in [1.29, 1.82) is 0 Å². The van der Waals surface area contributed by atoms with E-state index in [-0.39, 0.29) is 0 Å². The summed E-state index contributed by atoms with van der Waals surface area (Å²) in [6.07, 6.45) is -0.943. The molecule has 0 spiro atoms. The zero-order chi connectivity index (χ0) is 15.8. The van der Waals surface area contributed by atoms with Crippen molar-refractivity contribution >= 4 is 11.6 Å². The van der Waals surface area contributed by atoms with E-state index in [2.05, 4.69) is 0 Å². The monoisotopic (exact) mass is 294 g/mol. The van der Waals surface area contributed by atoms with Gasteiger partial charge in [-0.3, -0.25) is 9.59 Å². The third kappa shape index (κ3) is 2.86. The number of hydrogen-bond acceptors (Lipinski definition) is 2. The second kappa shape index (κ2) is 5.30. The van der Waals surface area contributed by atoms with Crippen LogP contribution in [0.1, 0.15) is 37.6 Å². The Morgan fingerprint density at radius 1 is 0.800 bits per heavy atom. The zero-order valence-electron chi connectivity index (χ0n) is 10.9. The van der Waals surface area contributed by atoms with E-state index in [1.807, 2.05) is 0 Å². The molecule has 7 heteroatoms. The molecule has 0 fully saturated rings. The normalized spacial score (nSPS) is 11.6. The first-order valence-electron chi connectivity index (χ1n) is 5.56. The summed E-state index contributed by atoms with van der Waals surface area (Å²) in [6.45, 7) is 4.38. The van der Waals surface area contributed by atoms with Crippen LogP contribution in [-0.2, 0) is 4.79 Å². The summed E-state index contributed by atoms with van der Waals surface area (Å²) in [4.78, 5) is 23.2. The molecule has 0 radical (unpaired) electrons. The number of rotatable bonds is 3. The topological polar surface area (TPSA) is 34.1 Å². The Bertz CT molecular complexity index is 558. The minimum atomic E-state index is -2.35. The van der Waals surface area contributed by atoms with E-state index < -0.39 is 58.1 Å². The van der Waals surface area contributed by atoms with E-state index in [4.69, 9.17) is 0 Å². The number of carbonyl (C=O) groups excluding carboxylic acids is 2. The lowest BCUT2D eigenvalue weighted by Crippen LogP contribution is -2.24. The van der Waals surface area contributed by atoms with Crippen molar-refractivity contribution < 1.29 is 31.5 Å². The van der Waals surface area contributed by atoms with Gasteiger partial charge in [-0.2, -0.15) is 0 Å². The summed E-state index contributed by atoms with van der Waals surface area (Å²) in [5.74, 6) is -13.4. The Labute approximate surface area is 111 Å². The first-order chi connectivity index (χ1) is 8.98. The Hall–Kier alpha value is -1.79.